The van der Waals surface area contributed by atoms with Crippen molar-refractivity contribution in [2.75, 3.05) is 9.80 Å². The first-order valence-corrected chi connectivity index (χ1v) is 30.9. The lowest BCUT2D eigenvalue weighted by molar-refractivity contribution is 0.370. The highest BCUT2D eigenvalue weighted by Crippen LogP contribution is 2.69. The fraction of sp³-hybridized carbons (Fsp3) is 0.119. The van der Waals surface area contributed by atoms with Gasteiger partial charge in [0.25, 0.3) is 0 Å². The lowest BCUT2D eigenvalue weighted by Crippen LogP contribution is -2.46. The average Bonchev–Trinajstić information content (AvgIpc) is 1.50. The molecule has 5 aliphatic carbocycles. The van der Waals surface area contributed by atoms with Crippen molar-refractivity contribution in [3.05, 3.63) is 348 Å². The van der Waals surface area contributed by atoms with Crippen LogP contribution in [0.4, 0.5) is 28.4 Å². The lowest BCUT2D eigenvalue weighted by atomic mass is 9.55. The highest BCUT2D eigenvalue weighted by molar-refractivity contribution is 6.00. The largest absolute Gasteiger partial charge is 0.312 e. The van der Waals surface area contributed by atoms with Crippen molar-refractivity contribution in [2.24, 2.45) is 11.8 Å². The first kappa shape index (κ1) is 51.6. The number of anilines is 5. The van der Waals surface area contributed by atoms with Gasteiger partial charge in [0.15, 0.2) is 0 Å². The van der Waals surface area contributed by atoms with Gasteiger partial charge in [0.2, 0.25) is 0 Å². The van der Waals surface area contributed by atoms with Gasteiger partial charge in [-0.1, -0.05) is 281 Å². The molecular formula is C84H66N2. The van der Waals surface area contributed by atoms with Crippen molar-refractivity contribution in [2.45, 2.75) is 50.4 Å². The third kappa shape index (κ3) is 7.92. The molecule has 11 aromatic carbocycles. The Morgan fingerprint density at radius 3 is 1.17 bits per heavy atom. The van der Waals surface area contributed by atoms with Crippen molar-refractivity contribution in [1.29, 1.82) is 0 Å². The molecule has 0 N–H and O–H groups in total. The minimum absolute atomic E-state index is 0.0271. The Labute approximate surface area is 506 Å². The highest BCUT2D eigenvalue weighted by Gasteiger charge is 2.60. The van der Waals surface area contributed by atoms with Gasteiger partial charge in [0.1, 0.15) is 0 Å². The molecule has 11 aromatic rings. The molecule has 0 bridgehead atoms. The fourth-order valence-corrected chi connectivity index (χ4v) is 16.0. The second-order valence-corrected chi connectivity index (χ2v) is 24.2. The van der Waals surface area contributed by atoms with Gasteiger partial charge in [-0.15, -0.1) is 0 Å². The summed E-state index contributed by atoms with van der Waals surface area (Å²) in [5, 5.41) is 0. The van der Waals surface area contributed by atoms with Crippen molar-refractivity contribution in [3.8, 4) is 55.6 Å². The monoisotopic (exact) mass is 1100 g/mol. The third-order valence-electron chi connectivity index (χ3n) is 20.0. The van der Waals surface area contributed by atoms with Gasteiger partial charge >= 0.3 is 0 Å². The molecule has 2 nitrogen and oxygen atoms in total. The fourth-order valence-electron chi connectivity index (χ4n) is 16.0. The summed E-state index contributed by atoms with van der Waals surface area (Å²) >= 11 is 0. The van der Waals surface area contributed by atoms with Gasteiger partial charge in [0.05, 0.1) is 22.7 Å². The standard InChI is InChI=1S/C84H66N2/c1-83(71-49-25-19-47-69(71)81-67-45-17-15-43-65(67)79(55-73(81)83)85(75-51-27-21-39-61(75)57-31-7-3-8-32-57)76-52-28-22-40-62(76)58-33-9-4-10-34-58)84(2)72-50-26-20-48-70(72)82-68-46-18-16-44-66(68)80(56-74(82)84)86(77-53-29-23-41-63(77)59-35-11-5-12-36-59)78-54-30-24-42-64(78)60-37-13-6-14-38-60/h3-15,17,19-43,45,47-56,65,67H,16,18,44,46H2,1-2H3. The highest BCUT2D eigenvalue weighted by atomic mass is 15.2. The molecule has 0 fully saturated rings. The maximum atomic E-state index is 2.70. The van der Waals surface area contributed by atoms with Gasteiger partial charge in [-0.2, -0.15) is 0 Å². The van der Waals surface area contributed by atoms with Crippen LogP contribution in [0.2, 0.25) is 0 Å². The topological polar surface area (TPSA) is 6.48 Å². The summed E-state index contributed by atoms with van der Waals surface area (Å²) in [6.07, 6.45) is 16.6. The summed E-state index contributed by atoms with van der Waals surface area (Å²) in [5.41, 5.74) is 29.7. The SMILES string of the molecule is CC1(C2(C)c3ccccc3-c3c2cc(N(c2ccccc2-c2ccccc2)c2ccccc2-c2ccccc2)c2c3CCCC2)C2=C(c3ccccc31)C1C=CC=CC1C(N(c1ccccc1-c1ccccc1)c1ccccc1-c1ccccc1)=C2. The maximum absolute atomic E-state index is 2.70. The Morgan fingerprint density at radius 2 is 0.698 bits per heavy atom. The van der Waals surface area contributed by atoms with Crippen LogP contribution in [0.5, 0.6) is 0 Å². The average molecular weight is 1100 g/mol. The molecule has 16 rings (SSSR count). The van der Waals surface area contributed by atoms with E-state index in [-0.39, 0.29) is 11.8 Å². The van der Waals surface area contributed by atoms with Gasteiger partial charge in [-0.05, 0) is 140 Å². The molecule has 412 valence electrons. The van der Waals surface area contributed by atoms with Crippen LogP contribution in [-0.4, -0.2) is 0 Å². The predicted octanol–water partition coefficient (Wildman–Crippen LogP) is 21.8. The number of nitrogens with zero attached hydrogens (tertiary/aromatic N) is 2. The summed E-state index contributed by atoms with van der Waals surface area (Å²) in [7, 11) is 0. The molecule has 86 heavy (non-hydrogen) atoms. The first-order valence-electron chi connectivity index (χ1n) is 30.9. The Hall–Kier alpha value is -10.0. The van der Waals surface area contributed by atoms with Gasteiger partial charge < -0.3 is 9.80 Å². The zero-order valence-electron chi connectivity index (χ0n) is 48.7. The molecular weight excluding hydrogens is 1040 g/mol. The van der Waals surface area contributed by atoms with E-state index in [1.165, 1.54) is 123 Å². The van der Waals surface area contributed by atoms with Crippen LogP contribution in [0, 0.1) is 11.8 Å². The molecule has 0 aliphatic heterocycles. The number of fused-ring (bicyclic) bond motifs is 9. The summed E-state index contributed by atoms with van der Waals surface area (Å²) < 4.78 is 0. The van der Waals surface area contributed by atoms with E-state index in [0.717, 1.165) is 37.1 Å². The van der Waals surface area contributed by atoms with Crippen molar-refractivity contribution in [3.63, 3.8) is 0 Å². The summed E-state index contributed by atoms with van der Waals surface area (Å²) in [6, 6.07) is 102. The number of allylic oxidation sites excluding steroid dienone is 7. The second-order valence-electron chi connectivity index (χ2n) is 24.2. The molecule has 0 spiro atoms. The smallest absolute Gasteiger partial charge is 0.0540 e. The van der Waals surface area contributed by atoms with Crippen molar-refractivity contribution in [1.82, 2.24) is 0 Å². The summed E-state index contributed by atoms with van der Waals surface area (Å²) in [6.45, 7) is 5.26. The molecule has 5 aliphatic rings. The zero-order chi connectivity index (χ0) is 57.3. The number of rotatable bonds is 11. The minimum atomic E-state index is -0.579. The molecule has 0 aromatic heterocycles. The minimum Gasteiger partial charge on any atom is -0.312 e. The van der Waals surface area contributed by atoms with Crippen LogP contribution in [0.3, 0.4) is 0 Å². The lowest BCUT2D eigenvalue weighted by Gasteiger charge is -2.48. The van der Waals surface area contributed by atoms with Crippen LogP contribution in [0.1, 0.15) is 60.1 Å². The Morgan fingerprint density at radius 1 is 0.326 bits per heavy atom. The van der Waals surface area contributed by atoms with Crippen LogP contribution in [-0.2, 0) is 23.7 Å². The molecule has 2 heteroatoms. The van der Waals surface area contributed by atoms with Crippen LogP contribution >= 0.6 is 0 Å². The molecule has 0 heterocycles. The third-order valence-corrected chi connectivity index (χ3v) is 20.0. The van der Waals surface area contributed by atoms with E-state index in [9.17, 15) is 0 Å². The van der Waals surface area contributed by atoms with Crippen LogP contribution < -0.4 is 9.80 Å². The van der Waals surface area contributed by atoms with Crippen molar-refractivity contribution < 1.29 is 0 Å². The molecule has 0 radical (unpaired) electrons. The van der Waals surface area contributed by atoms with E-state index in [1.54, 1.807) is 0 Å². The number of hydrogen-bond donors (Lipinski definition) is 0. The molecule has 0 saturated carbocycles. The van der Waals surface area contributed by atoms with Gasteiger partial charge in [-0.3, -0.25) is 0 Å². The molecule has 4 atom stereocenters. The number of para-hydroxylation sites is 4. The van der Waals surface area contributed by atoms with Gasteiger partial charge in [-0.25, -0.2) is 0 Å². The molecule has 0 amide bonds. The summed E-state index contributed by atoms with van der Waals surface area (Å²) in [5.74, 6) is 0.0887. The maximum Gasteiger partial charge on any atom is 0.0540 e. The van der Waals surface area contributed by atoms with Crippen molar-refractivity contribution >= 4 is 34.0 Å². The van der Waals surface area contributed by atoms with E-state index >= 15 is 0 Å². The Bertz CT molecular complexity index is 4400. The van der Waals surface area contributed by atoms with E-state index in [0.29, 0.717) is 0 Å². The molecule has 0 saturated heterocycles. The number of hydrogen-bond acceptors (Lipinski definition) is 2. The first-order chi connectivity index (χ1) is 42.5. The van der Waals surface area contributed by atoms with Crippen LogP contribution in [0.25, 0.3) is 61.2 Å². The van der Waals surface area contributed by atoms with Gasteiger partial charge in [0, 0.05) is 56.3 Å². The normalized spacial score (nSPS) is 19.3. The summed E-state index contributed by atoms with van der Waals surface area (Å²) in [4.78, 5) is 5.32. The zero-order valence-corrected chi connectivity index (χ0v) is 48.7. The van der Waals surface area contributed by atoms with E-state index in [2.05, 4.69) is 327 Å². The number of benzene rings is 11. The predicted molar refractivity (Wildman–Crippen MR) is 360 cm³/mol. The molecule has 4 unspecified atom stereocenters. The van der Waals surface area contributed by atoms with Crippen LogP contribution in [0.15, 0.2) is 315 Å². The second kappa shape index (κ2) is 20.9. The van der Waals surface area contributed by atoms with E-state index in [4.69, 9.17) is 0 Å². The quantitative estimate of drug-likeness (QED) is 0.127. The van der Waals surface area contributed by atoms with E-state index < -0.39 is 10.8 Å². The Kier molecular flexibility index (Phi) is 12.6. The van der Waals surface area contributed by atoms with E-state index in [1.807, 2.05) is 0 Å². The Balaban J connectivity index is 0.992.